The Hall–Kier alpha value is -1.02. The Morgan fingerprint density at radius 1 is 1.36 bits per heavy atom. The zero-order valence-electron chi connectivity index (χ0n) is 8.61. The van der Waals surface area contributed by atoms with Crippen molar-refractivity contribution in [3.8, 4) is 5.75 Å². The summed E-state index contributed by atoms with van der Waals surface area (Å²) < 4.78 is 0. The minimum absolute atomic E-state index is 0.259. The van der Waals surface area contributed by atoms with Crippen molar-refractivity contribution in [1.29, 1.82) is 0 Å². The third-order valence-corrected chi connectivity index (χ3v) is 2.59. The van der Waals surface area contributed by atoms with Crippen molar-refractivity contribution in [3.05, 3.63) is 29.8 Å². The summed E-state index contributed by atoms with van der Waals surface area (Å²) in [5.74, 6) is 0.705. The van der Waals surface area contributed by atoms with E-state index in [-0.39, 0.29) is 6.61 Å². The predicted octanol–water partition coefficient (Wildman–Crippen LogP) is 2.34. The Morgan fingerprint density at radius 2 is 2.14 bits per heavy atom. The minimum atomic E-state index is 0.259. The summed E-state index contributed by atoms with van der Waals surface area (Å²) in [7, 11) is 0. The van der Waals surface area contributed by atoms with Crippen molar-refractivity contribution in [3.63, 3.8) is 0 Å². The monoisotopic (exact) mass is 194 g/mol. The van der Waals surface area contributed by atoms with Gasteiger partial charge in [0.05, 0.1) is 0 Å². The van der Waals surface area contributed by atoms with Crippen molar-refractivity contribution in [2.24, 2.45) is 5.92 Å². The van der Waals surface area contributed by atoms with Crippen LogP contribution in [0, 0.1) is 5.92 Å². The number of aliphatic hydroxyl groups is 1. The Kier molecular flexibility index (Phi) is 4.47. The molecule has 0 fully saturated rings. The Balaban J connectivity index is 2.44. The van der Waals surface area contributed by atoms with Gasteiger partial charge in [0.2, 0.25) is 0 Å². The lowest BCUT2D eigenvalue weighted by molar-refractivity contribution is 0.215. The van der Waals surface area contributed by atoms with Gasteiger partial charge in [-0.05, 0) is 36.5 Å². The van der Waals surface area contributed by atoms with Gasteiger partial charge in [-0.15, -0.1) is 0 Å². The van der Waals surface area contributed by atoms with Gasteiger partial charge in [-0.2, -0.15) is 0 Å². The molecule has 14 heavy (non-hydrogen) atoms. The highest BCUT2D eigenvalue weighted by Crippen LogP contribution is 2.16. The molecule has 0 radical (unpaired) electrons. The molecule has 0 aliphatic carbocycles. The maximum atomic E-state index is 9.24. The van der Waals surface area contributed by atoms with Crippen LogP contribution in [0.2, 0.25) is 0 Å². The van der Waals surface area contributed by atoms with Crippen LogP contribution in [0.25, 0.3) is 0 Å². The van der Waals surface area contributed by atoms with Crippen LogP contribution in [-0.2, 0) is 6.42 Å². The summed E-state index contributed by atoms with van der Waals surface area (Å²) in [5.41, 5.74) is 1.14. The van der Waals surface area contributed by atoms with Crippen LogP contribution < -0.4 is 0 Å². The van der Waals surface area contributed by atoms with E-state index in [1.165, 1.54) is 0 Å². The molecule has 0 saturated heterocycles. The van der Waals surface area contributed by atoms with Gasteiger partial charge in [0.15, 0.2) is 0 Å². The number of hydrogen-bond donors (Lipinski definition) is 2. The van der Waals surface area contributed by atoms with E-state index in [4.69, 9.17) is 5.11 Å². The van der Waals surface area contributed by atoms with Gasteiger partial charge in [-0.1, -0.05) is 25.5 Å². The van der Waals surface area contributed by atoms with E-state index in [1.807, 2.05) is 12.1 Å². The highest BCUT2D eigenvalue weighted by molar-refractivity contribution is 5.27. The molecule has 0 heterocycles. The molecule has 2 heteroatoms. The number of aromatic hydroxyl groups is 1. The lowest BCUT2D eigenvalue weighted by atomic mass is 9.98. The van der Waals surface area contributed by atoms with Crippen LogP contribution >= 0.6 is 0 Å². The molecule has 1 aromatic rings. The van der Waals surface area contributed by atoms with E-state index >= 15 is 0 Å². The smallest absolute Gasteiger partial charge is 0.115 e. The molecule has 1 aromatic carbocycles. The second-order valence-electron chi connectivity index (χ2n) is 3.67. The van der Waals surface area contributed by atoms with Crippen molar-refractivity contribution in [1.82, 2.24) is 0 Å². The minimum Gasteiger partial charge on any atom is -0.508 e. The first-order valence-electron chi connectivity index (χ1n) is 5.15. The van der Waals surface area contributed by atoms with Crippen LogP contribution in [0.5, 0.6) is 5.75 Å². The molecular formula is C12H18O2. The van der Waals surface area contributed by atoms with E-state index in [9.17, 15) is 5.11 Å². The van der Waals surface area contributed by atoms with E-state index in [1.54, 1.807) is 12.1 Å². The first kappa shape index (κ1) is 11.1. The number of aliphatic hydroxyl groups excluding tert-OH is 1. The normalized spacial score (nSPS) is 12.7. The second kappa shape index (κ2) is 5.66. The molecule has 0 aliphatic rings. The largest absolute Gasteiger partial charge is 0.508 e. The molecule has 1 rings (SSSR count). The second-order valence-corrected chi connectivity index (χ2v) is 3.67. The maximum absolute atomic E-state index is 9.24. The summed E-state index contributed by atoms with van der Waals surface area (Å²) >= 11 is 0. The van der Waals surface area contributed by atoms with Gasteiger partial charge in [-0.25, -0.2) is 0 Å². The summed E-state index contributed by atoms with van der Waals surface area (Å²) in [4.78, 5) is 0. The zero-order valence-corrected chi connectivity index (χ0v) is 8.61. The number of phenolic OH excluding ortho intramolecular Hbond substituents is 1. The molecule has 0 aromatic heterocycles. The molecule has 2 nitrogen and oxygen atoms in total. The van der Waals surface area contributed by atoms with E-state index in [2.05, 4.69) is 6.92 Å². The first-order valence-corrected chi connectivity index (χ1v) is 5.15. The van der Waals surface area contributed by atoms with Gasteiger partial charge in [-0.3, -0.25) is 0 Å². The van der Waals surface area contributed by atoms with Gasteiger partial charge in [0.1, 0.15) is 5.75 Å². The van der Waals surface area contributed by atoms with Gasteiger partial charge in [0, 0.05) is 6.61 Å². The summed E-state index contributed by atoms with van der Waals surface area (Å²) in [6.45, 7) is 2.35. The van der Waals surface area contributed by atoms with Gasteiger partial charge < -0.3 is 10.2 Å². The molecule has 0 saturated carbocycles. The van der Waals surface area contributed by atoms with Crippen LogP contribution in [0.15, 0.2) is 24.3 Å². The quantitative estimate of drug-likeness (QED) is 0.755. The highest BCUT2D eigenvalue weighted by atomic mass is 16.3. The lowest BCUT2D eigenvalue weighted by Crippen LogP contribution is -2.05. The Bertz CT molecular complexity index is 267. The Labute approximate surface area is 85.2 Å². The van der Waals surface area contributed by atoms with Crippen molar-refractivity contribution >= 4 is 0 Å². The fourth-order valence-electron chi connectivity index (χ4n) is 1.51. The highest BCUT2D eigenvalue weighted by Gasteiger charge is 2.04. The molecule has 2 N–H and O–H groups in total. The number of hydrogen-bond acceptors (Lipinski definition) is 2. The maximum Gasteiger partial charge on any atom is 0.115 e. The third-order valence-electron chi connectivity index (χ3n) is 2.59. The van der Waals surface area contributed by atoms with Crippen LogP contribution in [0.3, 0.4) is 0 Å². The Morgan fingerprint density at radius 3 is 2.71 bits per heavy atom. The topological polar surface area (TPSA) is 40.5 Å². The number of benzene rings is 1. The predicted molar refractivity (Wildman–Crippen MR) is 57.3 cm³/mol. The third kappa shape index (κ3) is 3.38. The average molecular weight is 194 g/mol. The molecule has 78 valence electrons. The first-order chi connectivity index (χ1) is 6.76. The summed E-state index contributed by atoms with van der Waals surface area (Å²) in [5, 5.41) is 18.3. The number of phenols is 1. The standard InChI is InChI=1S/C12H18O2/c1-2-10(9-13)6-7-11-4-3-5-12(14)8-11/h3-5,8,10,13-14H,2,6-7,9H2,1H3/t10-/m1/s1. The fraction of sp³-hybridized carbons (Fsp3) is 0.500. The van der Waals surface area contributed by atoms with E-state index < -0.39 is 0 Å². The van der Waals surface area contributed by atoms with Crippen molar-refractivity contribution in [2.75, 3.05) is 6.61 Å². The van der Waals surface area contributed by atoms with Gasteiger partial charge >= 0.3 is 0 Å². The molecular weight excluding hydrogens is 176 g/mol. The molecule has 0 aliphatic heterocycles. The fourth-order valence-corrected chi connectivity index (χ4v) is 1.51. The van der Waals surface area contributed by atoms with E-state index in [0.717, 1.165) is 24.8 Å². The van der Waals surface area contributed by atoms with E-state index in [0.29, 0.717) is 11.7 Å². The lowest BCUT2D eigenvalue weighted by Gasteiger charge is -2.10. The van der Waals surface area contributed by atoms with Crippen molar-refractivity contribution in [2.45, 2.75) is 26.2 Å². The summed E-state index contributed by atoms with van der Waals surface area (Å²) in [6.07, 6.45) is 2.92. The van der Waals surface area contributed by atoms with Gasteiger partial charge in [0.25, 0.3) is 0 Å². The molecule has 0 bridgehead atoms. The van der Waals surface area contributed by atoms with Crippen LogP contribution in [-0.4, -0.2) is 16.8 Å². The average Bonchev–Trinajstić information content (AvgIpc) is 2.19. The number of rotatable bonds is 5. The molecule has 0 spiro atoms. The van der Waals surface area contributed by atoms with Crippen LogP contribution in [0.1, 0.15) is 25.3 Å². The molecule has 0 unspecified atom stereocenters. The summed E-state index contributed by atoms with van der Waals surface area (Å²) in [6, 6.07) is 7.31. The molecule has 1 atom stereocenters. The zero-order chi connectivity index (χ0) is 10.4. The van der Waals surface area contributed by atoms with Crippen molar-refractivity contribution < 1.29 is 10.2 Å². The molecule has 0 amide bonds. The number of aryl methyl sites for hydroxylation is 1. The SMILES string of the molecule is CC[C@@H](CO)CCc1cccc(O)c1. The van der Waals surface area contributed by atoms with Crippen LogP contribution in [0.4, 0.5) is 0 Å².